The average molecular weight is 625 g/mol. The molecule has 2 aromatic heterocycles. The molecule has 0 aliphatic carbocycles. The number of anilines is 1. The number of carbonyl (C=O) groups excluding carboxylic acids is 1. The van der Waals surface area contributed by atoms with E-state index in [4.69, 9.17) is 15.2 Å². The molecule has 15 heteroatoms. The van der Waals surface area contributed by atoms with E-state index in [9.17, 15) is 24.6 Å². The van der Waals surface area contributed by atoms with Gasteiger partial charge in [-0.3, -0.25) is 19.6 Å². The minimum Gasteiger partial charge on any atom is -0.463 e. The van der Waals surface area contributed by atoms with Crippen LogP contribution in [0, 0.1) is 0 Å². The highest BCUT2D eigenvalue weighted by Gasteiger charge is 2.45. The number of H-pyrrole nitrogens is 2. The largest absolute Gasteiger partial charge is 0.463 e. The first kappa shape index (κ1) is 35.7. The Morgan fingerprint density at radius 3 is 2.23 bits per heavy atom. The molecule has 0 amide bonds. The number of unbranched alkanes of at least 4 members (excludes halogenated alkanes) is 2. The van der Waals surface area contributed by atoms with Gasteiger partial charge in [0.15, 0.2) is 17.4 Å². The Hall–Kier alpha value is -2.82. The van der Waals surface area contributed by atoms with Gasteiger partial charge >= 0.3 is 11.7 Å². The van der Waals surface area contributed by atoms with Crippen LogP contribution in [0.2, 0.25) is 0 Å². The second kappa shape index (κ2) is 17.6. The van der Waals surface area contributed by atoms with Crippen LogP contribution in [0.4, 0.5) is 5.95 Å². The van der Waals surface area contributed by atoms with E-state index in [2.05, 4.69) is 57.5 Å². The first-order valence-corrected chi connectivity index (χ1v) is 15.9. The molecular formula is C29H52N8O7. The topological polar surface area (TPSA) is 195 Å². The van der Waals surface area contributed by atoms with Gasteiger partial charge in [0, 0.05) is 6.42 Å². The molecule has 44 heavy (non-hydrogen) atoms. The van der Waals surface area contributed by atoms with Crippen LogP contribution in [0.3, 0.4) is 0 Å². The molecule has 0 bridgehead atoms. The van der Waals surface area contributed by atoms with Crippen LogP contribution >= 0.6 is 0 Å². The Balaban J connectivity index is 1.32. The van der Waals surface area contributed by atoms with Gasteiger partial charge in [0.05, 0.1) is 0 Å². The zero-order valence-electron chi connectivity index (χ0n) is 26.7. The SMILES string of the molecule is CCN(CC)CCCN(C)CCCN(CC)CCCCCC(=O)OC[C@@H]1O[C@H](n2c(=O)[nH]c3c(=O)[nH]c(N)nc32)C(O)C1O. The van der Waals surface area contributed by atoms with Crippen LogP contribution in [-0.4, -0.2) is 135 Å². The van der Waals surface area contributed by atoms with Gasteiger partial charge in [-0.05, 0) is 85.1 Å². The molecule has 2 unspecified atom stereocenters. The Labute approximate surface area is 258 Å². The molecule has 0 spiro atoms. The van der Waals surface area contributed by atoms with E-state index in [-0.39, 0.29) is 30.1 Å². The van der Waals surface area contributed by atoms with Crippen molar-refractivity contribution in [3.63, 3.8) is 0 Å². The van der Waals surface area contributed by atoms with Gasteiger partial charge in [-0.1, -0.05) is 27.2 Å². The van der Waals surface area contributed by atoms with E-state index in [1.165, 1.54) is 6.42 Å². The maximum atomic E-state index is 12.5. The number of ether oxygens (including phenoxy) is 2. The molecule has 0 saturated carbocycles. The third kappa shape index (κ3) is 9.84. The number of nitrogen functional groups attached to an aromatic ring is 1. The minimum atomic E-state index is -1.53. The molecule has 1 saturated heterocycles. The van der Waals surface area contributed by atoms with Gasteiger partial charge in [0.25, 0.3) is 5.56 Å². The van der Waals surface area contributed by atoms with Gasteiger partial charge < -0.3 is 40.1 Å². The minimum absolute atomic E-state index is 0.125. The Bertz CT molecular complexity index is 1280. The van der Waals surface area contributed by atoms with Crippen molar-refractivity contribution in [3.05, 3.63) is 20.8 Å². The lowest BCUT2D eigenvalue weighted by Gasteiger charge is -2.23. The molecule has 1 aliphatic heterocycles. The molecule has 15 nitrogen and oxygen atoms in total. The highest BCUT2D eigenvalue weighted by molar-refractivity contribution is 5.70. The molecule has 3 heterocycles. The Kier molecular flexibility index (Phi) is 14.3. The molecule has 3 rings (SSSR count). The monoisotopic (exact) mass is 624 g/mol. The summed E-state index contributed by atoms with van der Waals surface area (Å²) >= 11 is 0. The molecule has 0 radical (unpaired) electrons. The predicted molar refractivity (Wildman–Crippen MR) is 167 cm³/mol. The van der Waals surface area contributed by atoms with Gasteiger partial charge in [-0.2, -0.15) is 4.98 Å². The summed E-state index contributed by atoms with van der Waals surface area (Å²) in [5.74, 6) is -0.656. The quantitative estimate of drug-likeness (QED) is 0.0986. The number of aliphatic hydroxyl groups excluding tert-OH is 2. The summed E-state index contributed by atoms with van der Waals surface area (Å²) < 4.78 is 11.9. The zero-order chi connectivity index (χ0) is 32.2. The number of aliphatic hydroxyl groups is 2. The van der Waals surface area contributed by atoms with E-state index in [0.717, 1.165) is 76.2 Å². The zero-order valence-corrected chi connectivity index (χ0v) is 26.7. The number of nitrogens with one attached hydrogen (secondary N) is 2. The number of hydrogen-bond acceptors (Lipinski definition) is 12. The van der Waals surface area contributed by atoms with E-state index in [0.29, 0.717) is 6.42 Å². The van der Waals surface area contributed by atoms with Crippen molar-refractivity contribution in [2.45, 2.75) is 83.8 Å². The van der Waals surface area contributed by atoms with Crippen LogP contribution in [0.5, 0.6) is 0 Å². The number of carbonyl (C=O) groups is 1. The van der Waals surface area contributed by atoms with Crippen LogP contribution < -0.4 is 17.0 Å². The molecule has 4 atom stereocenters. The van der Waals surface area contributed by atoms with Crippen molar-refractivity contribution in [1.82, 2.24) is 34.2 Å². The summed E-state index contributed by atoms with van der Waals surface area (Å²) in [6, 6.07) is 0. The second-order valence-electron chi connectivity index (χ2n) is 11.5. The van der Waals surface area contributed by atoms with Gasteiger partial charge in [0.1, 0.15) is 24.9 Å². The number of esters is 1. The number of aromatic amines is 2. The first-order valence-electron chi connectivity index (χ1n) is 15.9. The van der Waals surface area contributed by atoms with Crippen molar-refractivity contribution in [2.24, 2.45) is 0 Å². The molecule has 1 aliphatic rings. The van der Waals surface area contributed by atoms with Gasteiger partial charge in [0.2, 0.25) is 5.95 Å². The first-order chi connectivity index (χ1) is 21.1. The Morgan fingerprint density at radius 2 is 1.57 bits per heavy atom. The third-order valence-electron chi connectivity index (χ3n) is 8.32. The second-order valence-corrected chi connectivity index (χ2v) is 11.5. The highest BCUT2D eigenvalue weighted by atomic mass is 16.6. The lowest BCUT2D eigenvalue weighted by molar-refractivity contribution is -0.150. The summed E-state index contributed by atoms with van der Waals surface area (Å²) in [7, 11) is 2.19. The standard InChI is InChI=1S/C29H52N8O7/c1-5-35(6-2)17-11-14-34(4)15-12-18-36(7-3)16-10-8-9-13-21(38)43-19-20-23(39)24(40)27(44-20)37-25-22(31-29(37)42)26(41)33-28(30)32-25/h20,23-24,27,39-40H,5-19H2,1-4H3,(H,31,42)(H3,30,32,33,41)/t20-,23?,24?,27-/m0/s1. The van der Waals surface area contributed by atoms with Crippen LogP contribution in [0.25, 0.3) is 11.2 Å². The number of imidazole rings is 1. The van der Waals surface area contributed by atoms with Crippen LogP contribution in [0.15, 0.2) is 9.59 Å². The average Bonchev–Trinajstić information content (AvgIpc) is 3.47. The molecular weight excluding hydrogens is 572 g/mol. The summed E-state index contributed by atoms with van der Waals surface area (Å²) in [6.07, 6.45) is -0.294. The van der Waals surface area contributed by atoms with E-state index in [1.807, 2.05) is 0 Å². The molecule has 2 aromatic rings. The number of nitrogens with two attached hydrogens (primary N) is 1. The van der Waals surface area contributed by atoms with Crippen molar-refractivity contribution in [3.8, 4) is 0 Å². The summed E-state index contributed by atoms with van der Waals surface area (Å²) in [5, 5.41) is 21.0. The van der Waals surface area contributed by atoms with E-state index in [1.54, 1.807) is 0 Å². The number of hydrogen-bond donors (Lipinski definition) is 5. The van der Waals surface area contributed by atoms with Gasteiger partial charge in [-0.25, -0.2) is 9.36 Å². The van der Waals surface area contributed by atoms with Gasteiger partial charge in [-0.15, -0.1) is 0 Å². The van der Waals surface area contributed by atoms with Crippen LogP contribution in [0.1, 0.15) is 65.5 Å². The fourth-order valence-corrected chi connectivity index (χ4v) is 5.58. The van der Waals surface area contributed by atoms with Crippen molar-refractivity contribution in [1.29, 1.82) is 0 Å². The van der Waals surface area contributed by atoms with Crippen molar-refractivity contribution >= 4 is 23.1 Å². The fraction of sp³-hybridized carbons (Fsp3) is 0.793. The van der Waals surface area contributed by atoms with Crippen molar-refractivity contribution < 1.29 is 24.5 Å². The predicted octanol–water partition coefficient (Wildman–Crippen LogP) is 0.0936. The van der Waals surface area contributed by atoms with E-state index >= 15 is 0 Å². The highest BCUT2D eigenvalue weighted by Crippen LogP contribution is 2.30. The smallest absolute Gasteiger partial charge is 0.330 e. The maximum Gasteiger partial charge on any atom is 0.330 e. The molecule has 6 N–H and O–H groups in total. The maximum absolute atomic E-state index is 12.5. The number of aromatic nitrogens is 4. The number of nitrogens with zero attached hydrogens (tertiary/aromatic N) is 5. The van der Waals surface area contributed by atoms with E-state index < -0.39 is 41.8 Å². The summed E-state index contributed by atoms with van der Waals surface area (Å²) in [4.78, 5) is 52.8. The lowest BCUT2D eigenvalue weighted by atomic mass is 10.1. The fourth-order valence-electron chi connectivity index (χ4n) is 5.58. The summed E-state index contributed by atoms with van der Waals surface area (Å²) in [5.41, 5.74) is 3.90. The molecule has 0 aromatic carbocycles. The molecule has 250 valence electrons. The number of fused-ring (bicyclic) bond motifs is 1. The molecule has 1 fully saturated rings. The van der Waals surface area contributed by atoms with Crippen molar-refractivity contribution in [2.75, 3.05) is 71.7 Å². The normalized spacial score (nSPS) is 20.5. The van der Waals surface area contributed by atoms with Crippen LogP contribution in [-0.2, 0) is 14.3 Å². The summed E-state index contributed by atoms with van der Waals surface area (Å²) in [6.45, 7) is 14.9. The lowest BCUT2D eigenvalue weighted by Crippen LogP contribution is -2.35. The third-order valence-corrected chi connectivity index (χ3v) is 8.32. The number of rotatable bonds is 20. The Morgan fingerprint density at radius 1 is 0.932 bits per heavy atom.